The molecule has 4 rings (SSSR count). The van der Waals surface area contributed by atoms with Crippen molar-refractivity contribution in [1.82, 2.24) is 9.88 Å². The predicted octanol–water partition coefficient (Wildman–Crippen LogP) is 1.98. The van der Waals surface area contributed by atoms with E-state index in [0.717, 1.165) is 17.9 Å². The van der Waals surface area contributed by atoms with E-state index in [9.17, 15) is 0 Å². The molecule has 0 aromatic carbocycles. The summed E-state index contributed by atoms with van der Waals surface area (Å²) in [4.78, 5) is 9.86. The zero-order chi connectivity index (χ0) is 11.4. The van der Waals surface area contributed by atoms with Crippen LogP contribution in [0, 0.1) is 18.8 Å². The molecule has 4 heteroatoms. The summed E-state index contributed by atoms with van der Waals surface area (Å²) in [6.07, 6.45) is 2.91. The number of rotatable bonds is 2. The summed E-state index contributed by atoms with van der Waals surface area (Å²) in [7, 11) is 0. The van der Waals surface area contributed by atoms with E-state index in [4.69, 9.17) is 0 Å². The van der Waals surface area contributed by atoms with Gasteiger partial charge in [-0.2, -0.15) is 0 Å². The Morgan fingerprint density at radius 3 is 2.41 bits per heavy atom. The Kier molecular flexibility index (Phi) is 2.24. The van der Waals surface area contributed by atoms with Crippen LogP contribution in [0.2, 0.25) is 0 Å². The average molecular weight is 249 g/mol. The van der Waals surface area contributed by atoms with Gasteiger partial charge in [-0.05, 0) is 31.6 Å². The van der Waals surface area contributed by atoms with Crippen molar-refractivity contribution in [3.8, 4) is 0 Å². The van der Waals surface area contributed by atoms with Crippen molar-refractivity contribution in [3.05, 3.63) is 11.1 Å². The quantitative estimate of drug-likeness (QED) is 0.799. The van der Waals surface area contributed by atoms with Gasteiger partial charge in [-0.15, -0.1) is 11.3 Å². The molecule has 1 aromatic heterocycles. The molecule has 2 aliphatic heterocycles. The third-order valence-corrected chi connectivity index (χ3v) is 5.47. The molecule has 1 aliphatic carbocycles. The summed E-state index contributed by atoms with van der Waals surface area (Å²) in [6, 6.07) is 0.955. The minimum atomic E-state index is 0.903. The second-order valence-corrected chi connectivity index (χ2v) is 6.72. The molecule has 3 nitrogen and oxygen atoms in total. The highest BCUT2D eigenvalue weighted by Crippen LogP contribution is 2.39. The molecule has 3 aliphatic rings. The lowest BCUT2D eigenvalue weighted by Crippen LogP contribution is -2.30. The van der Waals surface area contributed by atoms with Gasteiger partial charge in [-0.1, -0.05) is 0 Å². The second kappa shape index (κ2) is 3.69. The van der Waals surface area contributed by atoms with Crippen molar-refractivity contribution in [2.45, 2.75) is 25.8 Å². The number of thiazole rings is 1. The first-order valence-electron chi connectivity index (χ1n) is 6.71. The Labute approximate surface area is 106 Å². The van der Waals surface area contributed by atoms with Crippen LogP contribution in [0.1, 0.15) is 18.5 Å². The van der Waals surface area contributed by atoms with Crippen LogP contribution in [-0.2, 0) is 0 Å². The van der Waals surface area contributed by atoms with Gasteiger partial charge in [0.1, 0.15) is 0 Å². The number of anilines is 1. The van der Waals surface area contributed by atoms with Crippen molar-refractivity contribution in [3.63, 3.8) is 0 Å². The molecule has 1 saturated carbocycles. The van der Waals surface area contributed by atoms with Gasteiger partial charge in [0, 0.05) is 37.6 Å². The van der Waals surface area contributed by atoms with E-state index in [2.05, 4.69) is 27.1 Å². The molecule has 0 N–H and O–H groups in total. The van der Waals surface area contributed by atoms with Crippen LogP contribution in [0.15, 0.2) is 5.38 Å². The molecule has 2 saturated heterocycles. The minimum Gasteiger partial charge on any atom is -0.347 e. The van der Waals surface area contributed by atoms with Crippen molar-refractivity contribution in [2.24, 2.45) is 11.8 Å². The molecular weight excluding hydrogens is 230 g/mol. The molecular formula is C13H19N3S. The fourth-order valence-electron chi connectivity index (χ4n) is 3.41. The number of fused-ring (bicyclic) bond motifs is 1. The van der Waals surface area contributed by atoms with Gasteiger partial charge in [0.25, 0.3) is 0 Å². The fourth-order valence-corrected chi connectivity index (χ4v) is 4.23. The highest BCUT2D eigenvalue weighted by Gasteiger charge is 2.44. The van der Waals surface area contributed by atoms with Gasteiger partial charge < -0.3 is 4.90 Å². The molecule has 17 heavy (non-hydrogen) atoms. The monoisotopic (exact) mass is 249 g/mol. The predicted molar refractivity (Wildman–Crippen MR) is 70.6 cm³/mol. The van der Waals surface area contributed by atoms with Gasteiger partial charge >= 0.3 is 0 Å². The van der Waals surface area contributed by atoms with E-state index in [1.54, 1.807) is 11.3 Å². The number of hydrogen-bond acceptors (Lipinski definition) is 4. The summed E-state index contributed by atoms with van der Waals surface area (Å²) < 4.78 is 0. The average Bonchev–Trinajstić information content (AvgIpc) is 2.75. The Morgan fingerprint density at radius 2 is 1.88 bits per heavy atom. The maximum Gasteiger partial charge on any atom is 0.185 e. The Balaban J connectivity index is 1.44. The molecule has 92 valence electrons. The number of aryl methyl sites for hydroxylation is 1. The second-order valence-electron chi connectivity index (χ2n) is 5.88. The first-order valence-corrected chi connectivity index (χ1v) is 7.58. The van der Waals surface area contributed by atoms with E-state index in [0.29, 0.717) is 0 Å². The molecule has 2 unspecified atom stereocenters. The molecule has 0 amide bonds. The van der Waals surface area contributed by atoms with Crippen LogP contribution in [0.4, 0.5) is 5.13 Å². The molecule has 3 heterocycles. The van der Waals surface area contributed by atoms with E-state index in [1.165, 1.54) is 49.8 Å². The maximum atomic E-state index is 4.62. The SMILES string of the molecule is Cc1csc(N2CC3CN(C4CC4)CC3C2)n1. The molecule has 2 atom stereocenters. The number of aromatic nitrogens is 1. The first kappa shape index (κ1) is 10.3. The van der Waals surface area contributed by atoms with E-state index >= 15 is 0 Å². The minimum absolute atomic E-state index is 0.903. The number of likely N-dealkylation sites (tertiary alicyclic amines) is 1. The van der Waals surface area contributed by atoms with Gasteiger partial charge in [-0.3, -0.25) is 4.90 Å². The topological polar surface area (TPSA) is 19.4 Å². The van der Waals surface area contributed by atoms with Crippen molar-refractivity contribution >= 4 is 16.5 Å². The summed E-state index contributed by atoms with van der Waals surface area (Å²) >= 11 is 1.81. The third-order valence-electron chi connectivity index (χ3n) is 4.46. The largest absolute Gasteiger partial charge is 0.347 e. The van der Waals surface area contributed by atoms with Gasteiger partial charge in [0.15, 0.2) is 5.13 Å². The van der Waals surface area contributed by atoms with Crippen LogP contribution < -0.4 is 4.90 Å². The van der Waals surface area contributed by atoms with Gasteiger partial charge in [0.05, 0.1) is 5.69 Å². The zero-order valence-corrected chi connectivity index (χ0v) is 11.1. The van der Waals surface area contributed by atoms with Crippen molar-refractivity contribution in [1.29, 1.82) is 0 Å². The normalized spacial score (nSPS) is 33.4. The van der Waals surface area contributed by atoms with Crippen LogP contribution in [-0.4, -0.2) is 42.1 Å². The smallest absolute Gasteiger partial charge is 0.185 e. The van der Waals surface area contributed by atoms with Crippen LogP contribution in [0.5, 0.6) is 0 Å². The van der Waals surface area contributed by atoms with Crippen LogP contribution in [0.25, 0.3) is 0 Å². The van der Waals surface area contributed by atoms with Gasteiger partial charge in [0.2, 0.25) is 0 Å². The van der Waals surface area contributed by atoms with Gasteiger partial charge in [-0.25, -0.2) is 4.98 Å². The fraction of sp³-hybridized carbons (Fsp3) is 0.769. The standard InChI is InChI=1S/C13H19N3S/c1-9-8-17-13(14-9)16-6-10-4-15(12-2-3-12)5-11(10)7-16/h8,10-12H,2-7H2,1H3. The van der Waals surface area contributed by atoms with Crippen LogP contribution in [0.3, 0.4) is 0 Å². The van der Waals surface area contributed by atoms with E-state index in [1.807, 2.05) is 0 Å². The zero-order valence-electron chi connectivity index (χ0n) is 10.3. The Morgan fingerprint density at radius 1 is 1.18 bits per heavy atom. The highest BCUT2D eigenvalue weighted by atomic mass is 32.1. The lowest BCUT2D eigenvalue weighted by Gasteiger charge is -2.20. The van der Waals surface area contributed by atoms with E-state index < -0.39 is 0 Å². The van der Waals surface area contributed by atoms with E-state index in [-0.39, 0.29) is 0 Å². The molecule has 1 aromatic rings. The Bertz CT molecular complexity index is 412. The lowest BCUT2D eigenvalue weighted by molar-refractivity contribution is 0.306. The Hall–Kier alpha value is -0.610. The highest BCUT2D eigenvalue weighted by molar-refractivity contribution is 7.13. The van der Waals surface area contributed by atoms with Crippen LogP contribution >= 0.6 is 11.3 Å². The summed E-state index contributed by atoms with van der Waals surface area (Å²) in [5.74, 6) is 1.81. The van der Waals surface area contributed by atoms with Crippen molar-refractivity contribution in [2.75, 3.05) is 31.1 Å². The third kappa shape index (κ3) is 1.78. The molecule has 0 spiro atoms. The molecule has 0 radical (unpaired) electrons. The summed E-state index contributed by atoms with van der Waals surface area (Å²) in [5, 5.41) is 3.41. The lowest BCUT2D eigenvalue weighted by atomic mass is 10.0. The maximum absolute atomic E-state index is 4.62. The molecule has 3 fully saturated rings. The molecule has 0 bridgehead atoms. The summed E-state index contributed by atoms with van der Waals surface area (Å²) in [6.45, 7) is 7.25. The first-order chi connectivity index (χ1) is 8.29. The number of nitrogens with zero attached hydrogens (tertiary/aromatic N) is 3. The van der Waals surface area contributed by atoms with Crippen molar-refractivity contribution < 1.29 is 0 Å². The summed E-state index contributed by atoms with van der Waals surface area (Å²) in [5.41, 5.74) is 1.17. The number of hydrogen-bond donors (Lipinski definition) is 0.